The minimum absolute atomic E-state index is 0.0519. The van der Waals surface area contributed by atoms with Crippen LogP contribution in [0.5, 0.6) is 0 Å². The van der Waals surface area contributed by atoms with Crippen LogP contribution in [-0.4, -0.2) is 70.3 Å². The number of thioether (sulfide) groups is 1. The van der Waals surface area contributed by atoms with Gasteiger partial charge in [0, 0.05) is 55.2 Å². The summed E-state index contributed by atoms with van der Waals surface area (Å²) < 4.78 is 7.25. The molecule has 0 aliphatic carbocycles. The number of aliphatic hydroxyl groups excluding tert-OH is 2. The topological polar surface area (TPSA) is 82.8 Å². The summed E-state index contributed by atoms with van der Waals surface area (Å²) in [5.74, 6) is 0.898. The van der Waals surface area contributed by atoms with Crippen molar-refractivity contribution in [2.24, 2.45) is 5.92 Å². The molecule has 7 nitrogen and oxygen atoms in total. The van der Waals surface area contributed by atoms with Gasteiger partial charge in [0.15, 0.2) is 6.29 Å². The van der Waals surface area contributed by atoms with Crippen molar-refractivity contribution in [3.63, 3.8) is 0 Å². The quantitative estimate of drug-likeness (QED) is 0.385. The minimum Gasteiger partial charge on any atom is -0.393 e. The summed E-state index contributed by atoms with van der Waals surface area (Å²) in [5.41, 5.74) is 5.00. The largest absolute Gasteiger partial charge is 0.393 e. The van der Waals surface area contributed by atoms with Crippen molar-refractivity contribution in [2.75, 3.05) is 27.7 Å². The molecule has 1 aliphatic rings. The molecule has 0 radical (unpaired) electrons. The van der Waals surface area contributed by atoms with E-state index in [1.54, 1.807) is 0 Å². The summed E-state index contributed by atoms with van der Waals surface area (Å²) in [4.78, 5) is 1.89. The van der Waals surface area contributed by atoms with E-state index in [-0.39, 0.29) is 5.92 Å². The maximum absolute atomic E-state index is 10.2. The molecule has 8 heteroatoms. The third-order valence-corrected chi connectivity index (χ3v) is 7.42. The second-order valence-corrected chi connectivity index (χ2v) is 10.3. The van der Waals surface area contributed by atoms with Crippen LogP contribution in [0.25, 0.3) is 6.08 Å². The predicted octanol–water partition coefficient (Wildman–Crippen LogP) is 3.22. The van der Waals surface area contributed by atoms with Crippen molar-refractivity contribution in [1.82, 2.24) is 20.0 Å². The third kappa shape index (κ3) is 7.09. The van der Waals surface area contributed by atoms with Gasteiger partial charge in [0.2, 0.25) is 0 Å². The fourth-order valence-corrected chi connectivity index (χ4v) is 4.80. The number of methoxy groups -OCH3 is 1. The Balaban J connectivity index is 2.46. The number of nitrogens with one attached hydrogen (secondary N) is 1. The number of rotatable bonds is 13. The van der Waals surface area contributed by atoms with E-state index >= 15 is 0 Å². The van der Waals surface area contributed by atoms with E-state index < -0.39 is 12.4 Å². The van der Waals surface area contributed by atoms with Crippen LogP contribution in [0.3, 0.4) is 0 Å². The fourth-order valence-electron chi connectivity index (χ4n) is 3.85. The molecule has 4 atom stereocenters. The molecular formula is C24H42N4O3S. The van der Waals surface area contributed by atoms with Gasteiger partial charge >= 0.3 is 0 Å². The lowest BCUT2D eigenvalue weighted by molar-refractivity contribution is -0.0572. The monoisotopic (exact) mass is 466 g/mol. The lowest BCUT2D eigenvalue weighted by Gasteiger charge is -2.29. The Labute approximate surface area is 197 Å². The van der Waals surface area contributed by atoms with Gasteiger partial charge in [-0.25, -0.2) is 0 Å². The van der Waals surface area contributed by atoms with Gasteiger partial charge in [0.1, 0.15) is 0 Å². The highest BCUT2D eigenvalue weighted by Crippen LogP contribution is 2.31. The second kappa shape index (κ2) is 12.8. The maximum atomic E-state index is 10.2. The number of fused-ring (bicyclic) bond motifs is 1. The first-order chi connectivity index (χ1) is 15.2. The zero-order chi connectivity index (χ0) is 23.8. The van der Waals surface area contributed by atoms with Crippen molar-refractivity contribution < 1.29 is 14.9 Å². The molecule has 0 saturated carbocycles. The van der Waals surface area contributed by atoms with Crippen LogP contribution in [0.1, 0.15) is 57.0 Å². The molecule has 3 unspecified atom stereocenters. The predicted molar refractivity (Wildman–Crippen MR) is 133 cm³/mol. The molecule has 0 fully saturated rings. The van der Waals surface area contributed by atoms with E-state index in [2.05, 4.69) is 29.6 Å². The number of hydrogen-bond donors (Lipinski definition) is 3. The number of likely N-dealkylation sites (N-methyl/N-ethyl adjacent to an activating group) is 1. The average Bonchev–Trinajstić information content (AvgIpc) is 3.13. The van der Waals surface area contributed by atoms with Crippen molar-refractivity contribution in [3.8, 4) is 0 Å². The van der Waals surface area contributed by atoms with Crippen LogP contribution in [0.2, 0.25) is 0 Å². The lowest BCUT2D eigenvalue weighted by Crippen LogP contribution is -2.28. The van der Waals surface area contributed by atoms with Gasteiger partial charge in [-0.1, -0.05) is 20.4 Å². The van der Waals surface area contributed by atoms with Crippen LogP contribution in [0, 0.1) is 5.92 Å². The van der Waals surface area contributed by atoms with Gasteiger partial charge in [0.25, 0.3) is 0 Å². The molecule has 2 rings (SSSR count). The zero-order valence-corrected chi connectivity index (χ0v) is 21.4. The molecule has 0 saturated heterocycles. The van der Waals surface area contributed by atoms with E-state index in [0.717, 1.165) is 43.1 Å². The third-order valence-electron chi connectivity index (χ3n) is 6.24. The van der Waals surface area contributed by atoms with Gasteiger partial charge in [-0.05, 0) is 51.6 Å². The molecule has 3 N–H and O–H groups in total. The molecule has 182 valence electrons. The van der Waals surface area contributed by atoms with Gasteiger partial charge in [-0.3, -0.25) is 4.68 Å². The molecule has 0 amide bonds. The molecule has 0 aromatic carbocycles. The molecule has 0 spiro atoms. The summed E-state index contributed by atoms with van der Waals surface area (Å²) in [6.07, 6.45) is 4.66. The Bertz CT molecular complexity index is 778. The highest BCUT2D eigenvalue weighted by atomic mass is 32.2. The number of hydrogen-bond acceptors (Lipinski definition) is 7. The van der Waals surface area contributed by atoms with Crippen LogP contribution < -0.4 is 5.32 Å². The van der Waals surface area contributed by atoms with Crippen LogP contribution >= 0.6 is 11.8 Å². The fraction of sp³-hybridized carbons (Fsp3) is 0.708. The smallest absolute Gasteiger partial charge is 0.195 e. The van der Waals surface area contributed by atoms with Crippen molar-refractivity contribution >= 4 is 17.8 Å². The number of ether oxygens (including phenoxy) is 1. The van der Waals surface area contributed by atoms with Crippen molar-refractivity contribution in [3.05, 3.63) is 34.9 Å². The van der Waals surface area contributed by atoms with Crippen LogP contribution in [0.15, 0.2) is 18.0 Å². The number of nitrogens with zero attached hydrogens (tertiary/aromatic N) is 3. The minimum atomic E-state index is -1.08. The molecular weight excluding hydrogens is 424 g/mol. The van der Waals surface area contributed by atoms with Crippen LogP contribution in [0.4, 0.5) is 0 Å². The zero-order valence-electron chi connectivity index (χ0n) is 20.6. The van der Waals surface area contributed by atoms with E-state index in [4.69, 9.17) is 9.84 Å². The highest BCUT2D eigenvalue weighted by Gasteiger charge is 2.24. The molecule has 1 aromatic rings. The SMILES string of the molecule is C=C(C(O)OC)N(C)/C(=C\c1c(CSC(C)CNC)nn2c1CCCC2)CC(C)[C@H](C)O. The normalized spacial score (nSPS) is 18.1. The van der Waals surface area contributed by atoms with Crippen LogP contribution in [-0.2, 0) is 23.5 Å². The summed E-state index contributed by atoms with van der Waals surface area (Å²) >= 11 is 1.90. The summed E-state index contributed by atoms with van der Waals surface area (Å²) in [6, 6.07) is 0. The van der Waals surface area contributed by atoms with Gasteiger partial charge < -0.3 is 25.2 Å². The number of aliphatic hydroxyl groups is 2. The Morgan fingerprint density at radius 2 is 2.06 bits per heavy atom. The second-order valence-electron chi connectivity index (χ2n) is 8.86. The summed E-state index contributed by atoms with van der Waals surface area (Å²) in [5, 5.41) is 29.0. The molecule has 0 bridgehead atoms. The number of allylic oxidation sites excluding steroid dienone is 1. The molecule has 2 heterocycles. The van der Waals surface area contributed by atoms with Gasteiger partial charge in [-0.2, -0.15) is 16.9 Å². The highest BCUT2D eigenvalue weighted by molar-refractivity contribution is 7.99. The Morgan fingerprint density at radius 1 is 1.34 bits per heavy atom. The maximum Gasteiger partial charge on any atom is 0.195 e. The Hall–Kier alpha value is -1.32. The van der Waals surface area contributed by atoms with E-state index in [1.807, 2.05) is 44.6 Å². The van der Waals surface area contributed by atoms with Gasteiger partial charge in [0.05, 0.1) is 17.5 Å². The van der Waals surface area contributed by atoms with E-state index in [0.29, 0.717) is 17.4 Å². The van der Waals surface area contributed by atoms with Crippen molar-refractivity contribution in [1.29, 1.82) is 0 Å². The summed E-state index contributed by atoms with van der Waals surface area (Å²) in [7, 11) is 5.33. The lowest BCUT2D eigenvalue weighted by atomic mass is 9.97. The van der Waals surface area contributed by atoms with E-state index in [9.17, 15) is 10.2 Å². The van der Waals surface area contributed by atoms with Crippen molar-refractivity contribution in [2.45, 2.75) is 76.4 Å². The molecule has 32 heavy (non-hydrogen) atoms. The first-order valence-corrected chi connectivity index (χ1v) is 12.6. The number of aromatic nitrogens is 2. The number of aryl methyl sites for hydroxylation is 1. The Kier molecular flexibility index (Phi) is 10.8. The standard InChI is InChI=1S/C24H42N4O3S/c1-16(19(4)29)12-20(27(6)18(3)24(30)31-7)13-21-22(15-32-17(2)14-25-5)26-28-11-9-8-10-23(21)28/h13,16-17,19,24-25,29-30H,3,8-12,14-15H2,1-2,4-7H3/b20-13-/t16?,17?,19-,24?/m0/s1. The molecule has 1 aliphatic heterocycles. The molecule has 1 aromatic heterocycles. The first kappa shape index (κ1) is 26.9. The van der Waals surface area contributed by atoms with E-state index in [1.165, 1.54) is 24.8 Å². The van der Waals surface area contributed by atoms with Gasteiger partial charge in [-0.15, -0.1) is 0 Å². The average molecular weight is 467 g/mol. The summed E-state index contributed by atoms with van der Waals surface area (Å²) in [6.45, 7) is 12.0. The first-order valence-electron chi connectivity index (χ1n) is 11.6. The Morgan fingerprint density at radius 3 is 2.69 bits per heavy atom.